The molecule has 2 saturated heterocycles. The molecule has 24 heavy (non-hydrogen) atoms. The summed E-state index contributed by atoms with van der Waals surface area (Å²) in [7, 11) is -3.38. The second kappa shape index (κ2) is 7.47. The van der Waals surface area contributed by atoms with Gasteiger partial charge in [0, 0.05) is 39.1 Å². The monoisotopic (exact) mass is 357 g/mol. The minimum atomic E-state index is -3.38. The number of hydrogen-bond acceptors (Lipinski definition) is 6. The lowest BCUT2D eigenvalue weighted by atomic mass is 9.99. The van der Waals surface area contributed by atoms with Crippen LogP contribution in [0.4, 0.5) is 0 Å². The largest absolute Gasteiger partial charge is 0.340 e. The molecule has 2 aliphatic heterocycles. The topological polar surface area (TPSA) is 91.6 Å². The van der Waals surface area contributed by atoms with E-state index >= 15 is 0 Å². The molecule has 3 rings (SSSR count). The summed E-state index contributed by atoms with van der Waals surface area (Å²) in [6, 6.07) is -0.0523. The zero-order valence-corrected chi connectivity index (χ0v) is 15.3. The Morgan fingerprint density at radius 3 is 2.67 bits per heavy atom. The molecule has 0 spiro atoms. The lowest BCUT2D eigenvalue weighted by molar-refractivity contribution is 0.295. The van der Waals surface area contributed by atoms with Crippen molar-refractivity contribution in [2.45, 2.75) is 52.1 Å². The molecule has 2 fully saturated rings. The maximum absolute atomic E-state index is 12.6. The Morgan fingerprint density at radius 1 is 1.29 bits per heavy atom. The summed E-state index contributed by atoms with van der Waals surface area (Å²) < 4.78 is 34.7. The van der Waals surface area contributed by atoms with E-state index < -0.39 is 10.2 Å². The third-order valence-electron chi connectivity index (χ3n) is 4.82. The number of nitrogens with one attached hydrogen (secondary N) is 1. The van der Waals surface area contributed by atoms with Gasteiger partial charge in [0.05, 0.1) is 6.54 Å². The van der Waals surface area contributed by atoms with E-state index in [1.165, 1.54) is 0 Å². The number of aryl methyl sites for hydroxylation is 1. The summed E-state index contributed by atoms with van der Waals surface area (Å²) in [5.74, 6) is 1.53. The third kappa shape index (κ3) is 4.14. The molecular weight excluding hydrogens is 330 g/mol. The van der Waals surface area contributed by atoms with Gasteiger partial charge in [0.25, 0.3) is 10.2 Å². The predicted molar refractivity (Wildman–Crippen MR) is 89.4 cm³/mol. The van der Waals surface area contributed by atoms with Gasteiger partial charge in [-0.25, -0.2) is 0 Å². The van der Waals surface area contributed by atoms with Gasteiger partial charge in [0.15, 0.2) is 5.82 Å². The molecule has 2 atom stereocenters. The van der Waals surface area contributed by atoms with Gasteiger partial charge in [-0.2, -0.15) is 22.4 Å². The number of aromatic nitrogens is 2. The van der Waals surface area contributed by atoms with Crippen molar-refractivity contribution in [1.82, 2.24) is 24.1 Å². The molecule has 0 aliphatic carbocycles. The van der Waals surface area contributed by atoms with Crippen LogP contribution in [0.5, 0.6) is 0 Å². The van der Waals surface area contributed by atoms with E-state index in [1.54, 1.807) is 11.2 Å². The first kappa shape index (κ1) is 17.8. The van der Waals surface area contributed by atoms with Gasteiger partial charge in [-0.3, -0.25) is 4.90 Å². The second-order valence-electron chi connectivity index (χ2n) is 6.81. The van der Waals surface area contributed by atoms with E-state index in [1.807, 2.05) is 0 Å². The van der Waals surface area contributed by atoms with Gasteiger partial charge in [-0.15, -0.1) is 0 Å². The highest BCUT2D eigenvalue weighted by molar-refractivity contribution is 7.87. The van der Waals surface area contributed by atoms with E-state index in [9.17, 15) is 8.42 Å². The molecule has 1 N–H and O–H groups in total. The Labute approximate surface area is 143 Å². The van der Waals surface area contributed by atoms with Gasteiger partial charge in [-0.05, 0) is 25.2 Å². The van der Waals surface area contributed by atoms with Crippen LogP contribution in [0.15, 0.2) is 4.52 Å². The van der Waals surface area contributed by atoms with Crippen LogP contribution < -0.4 is 4.72 Å². The lowest BCUT2D eigenvalue weighted by Gasteiger charge is -2.23. The molecule has 0 aromatic carbocycles. The molecule has 3 heterocycles. The van der Waals surface area contributed by atoms with Gasteiger partial charge in [0.2, 0.25) is 5.89 Å². The highest BCUT2D eigenvalue weighted by Crippen LogP contribution is 2.24. The Morgan fingerprint density at radius 2 is 2.04 bits per heavy atom. The van der Waals surface area contributed by atoms with Crippen LogP contribution in [0.1, 0.15) is 44.3 Å². The van der Waals surface area contributed by atoms with Crippen LogP contribution in [0.25, 0.3) is 0 Å². The van der Waals surface area contributed by atoms with E-state index in [-0.39, 0.29) is 6.04 Å². The van der Waals surface area contributed by atoms with Crippen molar-refractivity contribution in [3.63, 3.8) is 0 Å². The molecule has 0 saturated carbocycles. The van der Waals surface area contributed by atoms with Crippen LogP contribution in [0, 0.1) is 12.8 Å². The zero-order chi connectivity index (χ0) is 17.2. The third-order valence-corrected chi connectivity index (χ3v) is 6.46. The zero-order valence-electron chi connectivity index (χ0n) is 14.4. The number of likely N-dealkylation sites (tertiary alicyclic amines) is 1. The standard InChI is InChI=1S/C15H27N5O3S/c1-3-6-13-9-19(11-15-16-12(2)23-17-15)10-14(13)18-24(21,22)20-7-4-5-8-20/h13-14,18H,3-11H2,1-2H3/t13-,14-/m1/s1. The fourth-order valence-corrected chi connectivity index (χ4v) is 5.22. The van der Waals surface area contributed by atoms with Crippen LogP contribution in [0.3, 0.4) is 0 Å². The molecule has 136 valence electrons. The van der Waals surface area contributed by atoms with E-state index in [0.717, 1.165) is 32.2 Å². The van der Waals surface area contributed by atoms with E-state index in [4.69, 9.17) is 4.52 Å². The fourth-order valence-electron chi connectivity index (χ4n) is 3.69. The Hall–Kier alpha value is -1.03. The summed E-state index contributed by atoms with van der Waals surface area (Å²) in [6.45, 7) is 7.31. The molecule has 0 unspecified atom stereocenters. The van der Waals surface area contributed by atoms with Crippen molar-refractivity contribution in [3.8, 4) is 0 Å². The smallest absolute Gasteiger partial charge is 0.279 e. The van der Waals surface area contributed by atoms with Crippen LogP contribution in [0.2, 0.25) is 0 Å². The molecule has 1 aromatic heterocycles. The molecule has 0 amide bonds. The van der Waals surface area contributed by atoms with Gasteiger partial charge >= 0.3 is 0 Å². The molecular formula is C15H27N5O3S. The second-order valence-corrected chi connectivity index (χ2v) is 8.51. The summed E-state index contributed by atoms with van der Waals surface area (Å²) in [5, 5.41) is 3.94. The Balaban J connectivity index is 1.64. The minimum absolute atomic E-state index is 0.0523. The maximum Gasteiger partial charge on any atom is 0.279 e. The van der Waals surface area contributed by atoms with Crippen molar-refractivity contribution < 1.29 is 12.9 Å². The molecule has 8 nitrogen and oxygen atoms in total. The van der Waals surface area contributed by atoms with Crippen molar-refractivity contribution in [2.75, 3.05) is 26.2 Å². The molecule has 2 aliphatic rings. The first-order valence-corrected chi connectivity index (χ1v) is 10.2. The first-order valence-electron chi connectivity index (χ1n) is 8.77. The van der Waals surface area contributed by atoms with E-state index in [2.05, 4.69) is 26.7 Å². The molecule has 0 bridgehead atoms. The van der Waals surface area contributed by atoms with E-state index in [0.29, 0.717) is 43.8 Å². The maximum atomic E-state index is 12.6. The normalized spacial score (nSPS) is 26.4. The van der Waals surface area contributed by atoms with Crippen LogP contribution >= 0.6 is 0 Å². The van der Waals surface area contributed by atoms with Crippen molar-refractivity contribution in [2.24, 2.45) is 5.92 Å². The SMILES string of the molecule is CCC[C@@H]1CN(Cc2noc(C)n2)C[C@H]1NS(=O)(=O)N1CCCC1. The highest BCUT2D eigenvalue weighted by Gasteiger charge is 2.37. The fraction of sp³-hybridized carbons (Fsp3) is 0.867. The van der Waals surface area contributed by atoms with Crippen molar-refractivity contribution >= 4 is 10.2 Å². The number of nitrogens with zero attached hydrogens (tertiary/aromatic N) is 4. The molecule has 1 aromatic rings. The first-order chi connectivity index (χ1) is 11.5. The molecule has 0 radical (unpaired) electrons. The quantitative estimate of drug-likeness (QED) is 0.780. The van der Waals surface area contributed by atoms with Gasteiger partial charge in [-0.1, -0.05) is 18.5 Å². The van der Waals surface area contributed by atoms with Gasteiger partial charge in [0.1, 0.15) is 0 Å². The Bertz CT molecular complexity index is 641. The molecule has 9 heteroatoms. The lowest BCUT2D eigenvalue weighted by Crippen LogP contribution is -2.47. The predicted octanol–water partition coefficient (Wildman–Crippen LogP) is 0.909. The highest BCUT2D eigenvalue weighted by atomic mass is 32.2. The number of hydrogen-bond donors (Lipinski definition) is 1. The average molecular weight is 357 g/mol. The summed E-state index contributed by atoms with van der Waals surface area (Å²) in [4.78, 5) is 6.45. The Kier molecular flexibility index (Phi) is 5.53. The van der Waals surface area contributed by atoms with Crippen molar-refractivity contribution in [1.29, 1.82) is 0 Å². The minimum Gasteiger partial charge on any atom is -0.340 e. The van der Waals surface area contributed by atoms with Gasteiger partial charge < -0.3 is 4.52 Å². The van der Waals surface area contributed by atoms with Crippen LogP contribution in [-0.2, 0) is 16.8 Å². The average Bonchev–Trinajstić information content (AvgIpc) is 3.23. The summed E-state index contributed by atoms with van der Waals surface area (Å²) >= 11 is 0. The van der Waals surface area contributed by atoms with Crippen LogP contribution in [-0.4, -0.2) is 60.0 Å². The summed E-state index contributed by atoms with van der Waals surface area (Å²) in [6.07, 6.45) is 3.96. The number of rotatable bonds is 7. The van der Waals surface area contributed by atoms with Crippen molar-refractivity contribution in [3.05, 3.63) is 11.7 Å². The summed E-state index contributed by atoms with van der Waals surface area (Å²) in [5.41, 5.74) is 0.